The van der Waals surface area contributed by atoms with Gasteiger partial charge < -0.3 is 43.2 Å². The molecule has 0 aliphatic rings. The second kappa shape index (κ2) is 16.2. The molecule has 1 aromatic heterocycles. The van der Waals surface area contributed by atoms with E-state index in [-0.39, 0.29) is 31.0 Å². The van der Waals surface area contributed by atoms with Gasteiger partial charge in [0.2, 0.25) is 17.7 Å². The normalized spacial score (nSPS) is 13.7. The first-order valence-electron chi connectivity index (χ1n) is 13.7. The number of para-hydroxylation sites is 1. The lowest BCUT2D eigenvalue weighted by Gasteiger charge is -2.25. The van der Waals surface area contributed by atoms with Crippen LogP contribution in [0.15, 0.2) is 65.8 Å². The lowest BCUT2D eigenvalue weighted by atomic mass is 10.0. The first kappa shape index (κ1) is 32.9. The number of H-pyrrole nitrogens is 1. The molecule has 3 amide bonds. The lowest BCUT2D eigenvalue weighted by Crippen LogP contribution is -2.58. The third kappa shape index (κ3) is 10.0. The van der Waals surface area contributed by atoms with Gasteiger partial charge in [-0.1, -0.05) is 48.5 Å². The fourth-order valence-electron chi connectivity index (χ4n) is 4.45. The number of carboxylic acids is 1. The van der Waals surface area contributed by atoms with Crippen LogP contribution in [0.4, 0.5) is 0 Å². The first-order valence-corrected chi connectivity index (χ1v) is 14.4. The number of amides is 3. The van der Waals surface area contributed by atoms with Crippen LogP contribution in [0.25, 0.3) is 10.9 Å². The Morgan fingerprint density at radius 2 is 1.47 bits per heavy atom. The number of nitrogens with zero attached hydrogens (tertiary/aromatic N) is 1. The third-order valence-electron chi connectivity index (χ3n) is 6.75. The van der Waals surface area contributed by atoms with Gasteiger partial charge in [0.1, 0.15) is 18.1 Å². The summed E-state index contributed by atoms with van der Waals surface area (Å²) >= 11 is 4.01. The van der Waals surface area contributed by atoms with E-state index in [9.17, 15) is 24.3 Å². The van der Waals surface area contributed by atoms with Crippen LogP contribution in [0.1, 0.15) is 24.0 Å². The Hall–Kier alpha value is -4.56. The number of carbonyl (C=O) groups is 4. The Bertz CT molecular complexity index is 1430. The van der Waals surface area contributed by atoms with Gasteiger partial charge in [0.05, 0.1) is 6.04 Å². The minimum Gasteiger partial charge on any atom is -0.480 e. The molecule has 4 atom stereocenters. The highest BCUT2D eigenvalue weighted by Crippen LogP contribution is 2.19. The number of carbonyl (C=O) groups excluding carboxylic acids is 3. The minimum atomic E-state index is -1.26. The quantitative estimate of drug-likeness (QED) is 0.0455. The molecule has 3 rings (SSSR count). The average Bonchev–Trinajstić information content (AvgIpc) is 3.40. The zero-order valence-electron chi connectivity index (χ0n) is 23.5. The molecule has 2 aromatic carbocycles. The number of aromatic amines is 1. The number of benzene rings is 2. The molecule has 0 radical (unpaired) electrons. The van der Waals surface area contributed by atoms with E-state index in [1.165, 1.54) is 0 Å². The van der Waals surface area contributed by atoms with Gasteiger partial charge in [-0.2, -0.15) is 12.6 Å². The monoisotopic (exact) mass is 610 g/mol. The Labute approximate surface area is 254 Å². The van der Waals surface area contributed by atoms with Crippen molar-refractivity contribution in [2.45, 2.75) is 49.9 Å². The number of thiol groups is 1. The summed E-state index contributed by atoms with van der Waals surface area (Å²) in [6, 6.07) is 12.0. The van der Waals surface area contributed by atoms with E-state index in [1.54, 1.807) is 30.5 Å². The molecule has 1 heterocycles. The van der Waals surface area contributed by atoms with Gasteiger partial charge in [0.25, 0.3) is 0 Å². The van der Waals surface area contributed by atoms with E-state index in [1.807, 2.05) is 30.3 Å². The number of aliphatic carboxylic acids is 1. The maximum Gasteiger partial charge on any atom is 0.327 e. The van der Waals surface area contributed by atoms with Crippen LogP contribution in [0.2, 0.25) is 0 Å². The van der Waals surface area contributed by atoms with Crippen LogP contribution in [-0.2, 0) is 32.0 Å². The number of guanidine groups is 1. The maximum absolute atomic E-state index is 13.8. The highest BCUT2D eigenvalue weighted by atomic mass is 32.1. The Balaban J connectivity index is 1.84. The molecule has 0 aliphatic carbocycles. The van der Waals surface area contributed by atoms with Gasteiger partial charge >= 0.3 is 5.97 Å². The van der Waals surface area contributed by atoms with Crippen molar-refractivity contribution in [3.63, 3.8) is 0 Å². The van der Waals surface area contributed by atoms with Crippen molar-refractivity contribution in [2.24, 2.45) is 22.2 Å². The number of aliphatic imine (C=N–C) groups is 1. The third-order valence-corrected chi connectivity index (χ3v) is 7.11. The topological polar surface area (TPSA) is 231 Å². The molecule has 0 bridgehead atoms. The molecule has 43 heavy (non-hydrogen) atoms. The predicted molar refractivity (Wildman–Crippen MR) is 167 cm³/mol. The fourth-order valence-corrected chi connectivity index (χ4v) is 4.70. The van der Waals surface area contributed by atoms with Gasteiger partial charge in [0.15, 0.2) is 5.96 Å². The Morgan fingerprint density at radius 1 is 0.860 bits per heavy atom. The smallest absolute Gasteiger partial charge is 0.327 e. The predicted octanol–water partition coefficient (Wildman–Crippen LogP) is -0.197. The highest BCUT2D eigenvalue weighted by Gasteiger charge is 2.31. The molecule has 4 unspecified atom stereocenters. The zero-order valence-corrected chi connectivity index (χ0v) is 24.4. The van der Waals surface area contributed by atoms with Crippen molar-refractivity contribution in [1.82, 2.24) is 20.9 Å². The van der Waals surface area contributed by atoms with E-state index in [4.69, 9.17) is 17.2 Å². The number of hydrogen-bond acceptors (Lipinski definition) is 7. The number of aromatic nitrogens is 1. The molecule has 14 heteroatoms. The molecule has 0 saturated carbocycles. The van der Waals surface area contributed by atoms with Gasteiger partial charge in [0, 0.05) is 42.2 Å². The SMILES string of the molecule is NC(N)=NCCCC(N)C(=O)NC(Cc1c[nH]c2ccccc12)C(=O)NC(Cc1ccccc1)C(=O)NC(CS)C(=O)O. The molecule has 3 aromatic rings. The lowest BCUT2D eigenvalue weighted by molar-refractivity contribution is -0.141. The van der Waals surface area contributed by atoms with E-state index < -0.39 is 47.9 Å². The number of nitrogens with two attached hydrogens (primary N) is 3. The highest BCUT2D eigenvalue weighted by molar-refractivity contribution is 7.80. The number of carboxylic acid groups (broad SMARTS) is 1. The van der Waals surface area contributed by atoms with Crippen molar-refractivity contribution >= 4 is 53.2 Å². The zero-order chi connectivity index (χ0) is 31.4. The van der Waals surface area contributed by atoms with Gasteiger partial charge in [-0.3, -0.25) is 19.4 Å². The summed E-state index contributed by atoms with van der Waals surface area (Å²) in [6.45, 7) is 0.294. The number of rotatable bonds is 16. The molecule has 0 aliphatic heterocycles. The fraction of sp³-hybridized carbons (Fsp3) is 0.345. The summed E-state index contributed by atoms with van der Waals surface area (Å²) in [4.78, 5) is 58.7. The van der Waals surface area contributed by atoms with Crippen LogP contribution in [0.5, 0.6) is 0 Å². The average molecular weight is 611 g/mol. The minimum absolute atomic E-state index is 0.0633. The van der Waals surface area contributed by atoms with Gasteiger partial charge in [-0.05, 0) is 30.0 Å². The Morgan fingerprint density at radius 3 is 2.12 bits per heavy atom. The van der Waals surface area contributed by atoms with Crippen molar-refractivity contribution < 1.29 is 24.3 Å². The Kier molecular flexibility index (Phi) is 12.4. The van der Waals surface area contributed by atoms with Gasteiger partial charge in [-0.15, -0.1) is 0 Å². The van der Waals surface area contributed by atoms with Crippen molar-refractivity contribution in [3.05, 3.63) is 71.9 Å². The van der Waals surface area contributed by atoms with Crippen LogP contribution in [0.3, 0.4) is 0 Å². The summed E-state index contributed by atoms with van der Waals surface area (Å²) in [5.41, 5.74) is 19.1. The maximum atomic E-state index is 13.8. The molecule has 230 valence electrons. The first-order chi connectivity index (χ1) is 20.6. The summed E-state index contributed by atoms with van der Waals surface area (Å²) in [6.07, 6.45) is 2.64. The molecule has 0 saturated heterocycles. The second-order valence-electron chi connectivity index (χ2n) is 10.0. The van der Waals surface area contributed by atoms with Crippen molar-refractivity contribution in [2.75, 3.05) is 12.3 Å². The second-order valence-corrected chi connectivity index (χ2v) is 10.4. The van der Waals surface area contributed by atoms with Crippen LogP contribution < -0.4 is 33.2 Å². The van der Waals surface area contributed by atoms with Crippen LogP contribution in [0, 0.1) is 0 Å². The van der Waals surface area contributed by atoms with Gasteiger partial charge in [-0.25, -0.2) is 4.79 Å². The molecule has 0 spiro atoms. The van der Waals surface area contributed by atoms with Crippen LogP contribution in [-0.4, -0.2) is 76.2 Å². The van der Waals surface area contributed by atoms with E-state index in [0.29, 0.717) is 13.0 Å². The summed E-state index contributed by atoms with van der Waals surface area (Å²) < 4.78 is 0. The number of nitrogens with one attached hydrogen (secondary N) is 4. The molecule has 13 nitrogen and oxygen atoms in total. The van der Waals surface area contributed by atoms with Crippen LogP contribution >= 0.6 is 12.6 Å². The van der Waals surface area contributed by atoms with E-state index in [0.717, 1.165) is 22.0 Å². The van der Waals surface area contributed by atoms with Crippen molar-refractivity contribution in [1.29, 1.82) is 0 Å². The summed E-state index contributed by atoms with van der Waals surface area (Å²) in [7, 11) is 0. The number of fused-ring (bicyclic) bond motifs is 1. The standard InChI is InChI=1S/C29H38N8O5S/c30-20(10-6-12-33-29(31)32)25(38)35-23(14-18-15-34-21-11-5-4-9-19(18)21)27(40)36-22(13-17-7-2-1-3-8-17)26(39)37-24(16-43)28(41)42/h1-5,7-9,11,15,20,22-24,34,43H,6,10,12-14,16,30H2,(H,35,38)(H,36,40)(H,37,39)(H,41,42)(H4,31,32,33). The molecule has 0 fully saturated rings. The number of hydrogen-bond donors (Lipinski definition) is 9. The molecule has 11 N–H and O–H groups in total. The molecular formula is C29H38N8O5S. The van der Waals surface area contributed by atoms with E-state index >= 15 is 0 Å². The largest absolute Gasteiger partial charge is 0.480 e. The molecular weight excluding hydrogens is 572 g/mol. The summed E-state index contributed by atoms with van der Waals surface area (Å²) in [5, 5.41) is 18.2. The summed E-state index contributed by atoms with van der Waals surface area (Å²) in [5.74, 6) is -3.37. The van der Waals surface area contributed by atoms with E-state index in [2.05, 4.69) is 38.6 Å². The van der Waals surface area contributed by atoms with Crippen molar-refractivity contribution in [3.8, 4) is 0 Å².